The molecule has 0 amide bonds. The molecule has 1 aliphatic heterocycles. The lowest BCUT2D eigenvalue weighted by Gasteiger charge is -2.13. The molecule has 1 aromatic heterocycles. The number of halogens is 1. The van der Waals surface area contributed by atoms with Crippen LogP contribution in [0.4, 0.5) is 0 Å². The summed E-state index contributed by atoms with van der Waals surface area (Å²) in [5.41, 5.74) is 7.63. The summed E-state index contributed by atoms with van der Waals surface area (Å²) in [4.78, 5) is 0. The van der Waals surface area contributed by atoms with Gasteiger partial charge in [-0.3, -0.25) is 0 Å². The molecule has 0 aliphatic carbocycles. The number of fused-ring (bicyclic) bond motifs is 1. The maximum absolute atomic E-state index is 5.84. The molecule has 0 fully saturated rings. The molecule has 5 nitrogen and oxygen atoms in total. The lowest BCUT2D eigenvalue weighted by atomic mass is 10.1. The lowest BCUT2D eigenvalue weighted by Crippen LogP contribution is -2.25. The highest BCUT2D eigenvalue weighted by atomic mass is 35.5. The molecular weight excluding hydrogens is 298 g/mol. The fraction of sp³-hybridized carbons (Fsp3) is 0.692. The van der Waals surface area contributed by atoms with Crippen LogP contribution < -0.4 is 10.5 Å². The Morgan fingerprint density at radius 3 is 2.90 bits per heavy atom. The van der Waals surface area contributed by atoms with Crippen molar-refractivity contribution in [1.29, 1.82) is 0 Å². The summed E-state index contributed by atoms with van der Waals surface area (Å²) in [6, 6.07) is 0. The van der Waals surface area contributed by atoms with E-state index in [0.717, 1.165) is 30.7 Å². The molecule has 0 radical (unpaired) electrons. The molecule has 0 spiro atoms. The number of hydrogen-bond acceptors (Lipinski definition) is 4. The minimum atomic E-state index is 0. The van der Waals surface area contributed by atoms with Crippen molar-refractivity contribution >= 4 is 29.7 Å². The third-order valence-electron chi connectivity index (χ3n) is 3.20. The molecule has 2 rings (SSSR count). The van der Waals surface area contributed by atoms with E-state index in [9.17, 15) is 0 Å². The molecule has 7 heteroatoms. The van der Waals surface area contributed by atoms with Gasteiger partial charge in [0, 0.05) is 18.6 Å². The van der Waals surface area contributed by atoms with Crippen LogP contribution in [0, 0.1) is 12.8 Å². The van der Waals surface area contributed by atoms with Crippen LogP contribution in [0.5, 0.6) is 5.88 Å². The predicted molar refractivity (Wildman–Crippen MR) is 84.8 cm³/mol. The molecule has 114 valence electrons. The first kappa shape index (κ1) is 17.2. The third-order valence-corrected chi connectivity index (χ3v) is 3.37. The first-order valence-corrected chi connectivity index (χ1v) is 7.02. The van der Waals surface area contributed by atoms with E-state index in [4.69, 9.17) is 27.4 Å². The Balaban J connectivity index is 0.00000200. The minimum Gasteiger partial charge on any atom is -0.471 e. The number of ether oxygens (including phenoxy) is 2. The summed E-state index contributed by atoms with van der Waals surface area (Å²) in [5.74, 6) is 1.34. The van der Waals surface area contributed by atoms with Gasteiger partial charge in [0.2, 0.25) is 5.88 Å². The van der Waals surface area contributed by atoms with Crippen LogP contribution in [-0.2, 0) is 11.2 Å². The van der Waals surface area contributed by atoms with Gasteiger partial charge in [-0.15, -0.1) is 12.4 Å². The highest BCUT2D eigenvalue weighted by molar-refractivity contribution is 7.80. The Morgan fingerprint density at radius 1 is 1.60 bits per heavy atom. The van der Waals surface area contributed by atoms with Gasteiger partial charge in [-0.1, -0.05) is 13.8 Å². The van der Waals surface area contributed by atoms with Crippen LogP contribution in [0.1, 0.15) is 31.5 Å². The highest BCUT2D eigenvalue weighted by Gasteiger charge is 2.30. The van der Waals surface area contributed by atoms with Gasteiger partial charge >= 0.3 is 0 Å². The maximum atomic E-state index is 5.84. The van der Waals surface area contributed by atoms with Gasteiger partial charge in [0.05, 0.1) is 12.3 Å². The molecule has 0 saturated heterocycles. The molecule has 0 bridgehead atoms. The van der Waals surface area contributed by atoms with Gasteiger partial charge < -0.3 is 15.2 Å². The zero-order chi connectivity index (χ0) is 14.0. The SMILES string of the molecule is Cc1nn(C(N)=S)c2c1CC(COCCC(C)C)O2.Cl. The molecule has 2 N–H and O–H groups in total. The summed E-state index contributed by atoms with van der Waals surface area (Å²) in [7, 11) is 0. The van der Waals surface area contributed by atoms with Crippen molar-refractivity contribution in [3.63, 3.8) is 0 Å². The Morgan fingerprint density at radius 2 is 2.30 bits per heavy atom. The molecule has 20 heavy (non-hydrogen) atoms. The monoisotopic (exact) mass is 319 g/mol. The number of aromatic nitrogens is 2. The predicted octanol–water partition coefficient (Wildman–Crippen LogP) is 2.07. The van der Waals surface area contributed by atoms with Crippen LogP contribution >= 0.6 is 24.6 Å². The zero-order valence-corrected chi connectivity index (χ0v) is 13.7. The number of nitrogens with two attached hydrogens (primary N) is 1. The summed E-state index contributed by atoms with van der Waals surface area (Å²) in [6.07, 6.45) is 1.92. The fourth-order valence-corrected chi connectivity index (χ4v) is 2.22. The second-order valence-electron chi connectivity index (χ2n) is 5.32. The van der Waals surface area contributed by atoms with E-state index in [0.29, 0.717) is 18.4 Å². The van der Waals surface area contributed by atoms with Gasteiger partial charge in [0.25, 0.3) is 0 Å². The van der Waals surface area contributed by atoms with Gasteiger partial charge in [-0.2, -0.15) is 9.78 Å². The summed E-state index contributed by atoms with van der Waals surface area (Å²) in [5, 5.41) is 4.48. The fourth-order valence-electron chi connectivity index (χ4n) is 2.10. The summed E-state index contributed by atoms with van der Waals surface area (Å²) < 4.78 is 13.0. The molecule has 1 aliphatic rings. The van der Waals surface area contributed by atoms with Crippen molar-refractivity contribution in [1.82, 2.24) is 9.78 Å². The largest absolute Gasteiger partial charge is 0.471 e. The van der Waals surface area contributed by atoms with E-state index in [1.54, 1.807) is 0 Å². The number of thiocarbonyl (C=S) groups is 1. The van der Waals surface area contributed by atoms with Crippen molar-refractivity contribution in [3.05, 3.63) is 11.3 Å². The number of rotatable bonds is 5. The molecule has 1 atom stereocenters. The molecular formula is C13H22ClN3O2S. The first-order valence-electron chi connectivity index (χ1n) is 6.61. The first-order chi connectivity index (χ1) is 8.99. The van der Waals surface area contributed by atoms with E-state index in [1.165, 1.54) is 4.68 Å². The Bertz CT molecular complexity index is 476. The van der Waals surface area contributed by atoms with Crippen molar-refractivity contribution < 1.29 is 9.47 Å². The average molecular weight is 320 g/mol. The number of nitrogens with zero attached hydrogens (tertiary/aromatic N) is 2. The minimum absolute atomic E-state index is 0. The quantitative estimate of drug-likeness (QED) is 0.665. The smallest absolute Gasteiger partial charge is 0.222 e. The summed E-state index contributed by atoms with van der Waals surface area (Å²) in [6.45, 7) is 7.68. The maximum Gasteiger partial charge on any atom is 0.222 e. The van der Waals surface area contributed by atoms with E-state index < -0.39 is 0 Å². The van der Waals surface area contributed by atoms with E-state index >= 15 is 0 Å². The average Bonchev–Trinajstić information content (AvgIpc) is 2.85. The van der Waals surface area contributed by atoms with Crippen LogP contribution in [0.15, 0.2) is 0 Å². The molecule has 0 saturated carbocycles. The molecule has 1 unspecified atom stereocenters. The molecule has 2 heterocycles. The van der Waals surface area contributed by atoms with E-state index in [2.05, 4.69) is 18.9 Å². The number of aryl methyl sites for hydroxylation is 1. The van der Waals surface area contributed by atoms with Gasteiger partial charge in [0.1, 0.15) is 6.10 Å². The van der Waals surface area contributed by atoms with Crippen LogP contribution in [-0.4, -0.2) is 34.2 Å². The van der Waals surface area contributed by atoms with Crippen molar-refractivity contribution in [2.24, 2.45) is 11.7 Å². The van der Waals surface area contributed by atoms with Gasteiger partial charge in [0.15, 0.2) is 5.11 Å². The van der Waals surface area contributed by atoms with Crippen molar-refractivity contribution in [3.8, 4) is 5.88 Å². The molecule has 1 aromatic rings. The second kappa shape index (κ2) is 7.24. The second-order valence-corrected chi connectivity index (χ2v) is 5.74. The van der Waals surface area contributed by atoms with E-state index in [-0.39, 0.29) is 23.6 Å². The third kappa shape index (κ3) is 3.84. The van der Waals surface area contributed by atoms with Crippen LogP contribution in [0.2, 0.25) is 0 Å². The Kier molecular flexibility index (Phi) is 6.23. The van der Waals surface area contributed by atoms with Crippen molar-refractivity contribution in [2.45, 2.75) is 39.7 Å². The van der Waals surface area contributed by atoms with Crippen LogP contribution in [0.25, 0.3) is 0 Å². The van der Waals surface area contributed by atoms with Crippen LogP contribution in [0.3, 0.4) is 0 Å². The summed E-state index contributed by atoms with van der Waals surface area (Å²) >= 11 is 4.96. The standard InChI is InChI=1S/C13H21N3O2S.ClH/c1-8(2)4-5-17-7-10-6-11-9(3)15-16(13(14)19)12(11)18-10;/h8,10H,4-7H2,1-3H3,(H2,14,19);1H. The van der Waals surface area contributed by atoms with Gasteiger partial charge in [-0.25, -0.2) is 0 Å². The lowest BCUT2D eigenvalue weighted by molar-refractivity contribution is 0.0525. The van der Waals surface area contributed by atoms with Crippen molar-refractivity contribution in [2.75, 3.05) is 13.2 Å². The Labute approximate surface area is 131 Å². The molecule has 0 aromatic carbocycles. The normalized spacial score (nSPS) is 16.7. The topological polar surface area (TPSA) is 62.3 Å². The van der Waals surface area contributed by atoms with Gasteiger partial charge in [-0.05, 0) is 31.5 Å². The zero-order valence-electron chi connectivity index (χ0n) is 12.1. The van der Waals surface area contributed by atoms with E-state index in [1.807, 2.05) is 6.92 Å². The Hall–Kier alpha value is -0.850. The highest BCUT2D eigenvalue weighted by Crippen LogP contribution is 2.31. The number of hydrogen-bond donors (Lipinski definition) is 1.